The van der Waals surface area contributed by atoms with Gasteiger partial charge in [0.05, 0.1) is 0 Å². The highest BCUT2D eigenvalue weighted by molar-refractivity contribution is 7.34. The number of carbonyl (C=O) groups excluding carboxylic acids is 1. The Morgan fingerprint density at radius 3 is 2.65 bits per heavy atom. The zero-order chi connectivity index (χ0) is 26.9. The summed E-state index contributed by atoms with van der Waals surface area (Å²) in [5, 5.41) is 8.95. The fourth-order valence-corrected chi connectivity index (χ4v) is 4.67. The van der Waals surface area contributed by atoms with Crippen LogP contribution in [0.1, 0.15) is 37.5 Å². The molecule has 14 nitrogen and oxygen atoms in total. The maximum Gasteiger partial charge on any atom is 0.395 e. The highest BCUT2D eigenvalue weighted by Crippen LogP contribution is 2.43. The van der Waals surface area contributed by atoms with Crippen LogP contribution in [0.3, 0.4) is 0 Å². The Labute approximate surface area is 211 Å². The number of hydrogen-bond donors (Lipinski definition) is 2. The van der Waals surface area contributed by atoms with E-state index < -0.39 is 67.7 Å². The number of carboxylic acid groups (broad SMARTS) is 1. The summed E-state index contributed by atoms with van der Waals surface area (Å²) >= 11 is 0. The van der Waals surface area contributed by atoms with Gasteiger partial charge in [0, 0.05) is 12.4 Å². The van der Waals surface area contributed by atoms with Crippen molar-refractivity contribution in [3.63, 3.8) is 0 Å². The summed E-state index contributed by atoms with van der Waals surface area (Å²) in [6.45, 7) is 4.62. The lowest BCUT2D eigenvalue weighted by Crippen LogP contribution is -2.37. The SMILES string of the molecule is C[C@H](N=[P+]([O-])Oc1ccccc1OC[C@H]1O[C@@H](n2ccnc(C(N)=O)c2=O)[C@@H]2OC(C)(C)O[C@@H]21)C(=O)O. The second kappa shape index (κ2) is 10.5. The van der Waals surface area contributed by atoms with E-state index in [1.165, 1.54) is 30.0 Å². The standard InChI is InChI=1S/C22H25N4O10P/c1-11(21(29)30)25-37(31)36-13-7-5-4-6-12(13)32-10-14-16-17(35-22(2,3)34-16)20(33-14)26-9-8-24-15(18(23)27)19(26)28/h4-9,11,14,16-17,20H,10H2,1-3H3,(H2,23,27)(H,29,30)/t11-,14+,16+,17+,20+/m0/s1. The van der Waals surface area contributed by atoms with Crippen molar-refractivity contribution in [2.24, 2.45) is 10.5 Å². The highest BCUT2D eigenvalue weighted by Gasteiger charge is 2.56. The van der Waals surface area contributed by atoms with Crippen LogP contribution in [0.4, 0.5) is 0 Å². The van der Waals surface area contributed by atoms with Crippen molar-refractivity contribution in [2.75, 3.05) is 6.61 Å². The van der Waals surface area contributed by atoms with Crippen molar-refractivity contribution in [1.82, 2.24) is 9.55 Å². The summed E-state index contributed by atoms with van der Waals surface area (Å²) in [4.78, 5) is 51.3. The number of carbonyl (C=O) groups is 2. The van der Waals surface area contributed by atoms with Gasteiger partial charge in [0.25, 0.3) is 11.5 Å². The normalized spacial score (nSPS) is 25.4. The Kier molecular flexibility index (Phi) is 7.57. The van der Waals surface area contributed by atoms with Gasteiger partial charge in [-0.25, -0.2) is 9.78 Å². The van der Waals surface area contributed by atoms with Gasteiger partial charge in [-0.3, -0.25) is 18.7 Å². The van der Waals surface area contributed by atoms with Gasteiger partial charge in [-0.2, -0.15) is 0 Å². The van der Waals surface area contributed by atoms with E-state index in [2.05, 4.69) is 9.73 Å². The van der Waals surface area contributed by atoms with E-state index in [0.29, 0.717) is 0 Å². The minimum absolute atomic E-state index is 0.0800. The lowest BCUT2D eigenvalue weighted by molar-refractivity contribution is -0.199. The van der Waals surface area contributed by atoms with Crippen LogP contribution < -0.4 is 25.4 Å². The third kappa shape index (κ3) is 5.78. The summed E-state index contributed by atoms with van der Waals surface area (Å²) < 4.78 is 34.0. The second-order valence-electron chi connectivity index (χ2n) is 8.70. The average Bonchev–Trinajstić information content (AvgIpc) is 3.31. The molecule has 1 unspecified atom stereocenters. The molecule has 2 aliphatic heterocycles. The van der Waals surface area contributed by atoms with Crippen molar-refractivity contribution >= 4 is 20.0 Å². The van der Waals surface area contributed by atoms with Crippen LogP contribution in [-0.2, 0) is 19.0 Å². The first-order valence-corrected chi connectivity index (χ1v) is 12.3. The molecule has 1 aromatic heterocycles. The molecule has 4 rings (SSSR count). The molecular weight excluding hydrogens is 511 g/mol. The molecule has 1 aromatic carbocycles. The van der Waals surface area contributed by atoms with Crippen molar-refractivity contribution in [2.45, 2.75) is 57.1 Å². The fraction of sp³-hybridized carbons (Fsp3) is 0.455. The first-order valence-electron chi connectivity index (χ1n) is 11.2. The monoisotopic (exact) mass is 536 g/mol. The molecule has 0 radical (unpaired) electrons. The molecule has 0 aliphatic carbocycles. The smallest absolute Gasteiger partial charge is 0.395 e. The molecule has 3 heterocycles. The minimum Gasteiger partial charge on any atom is -0.575 e. The van der Waals surface area contributed by atoms with Gasteiger partial charge in [-0.1, -0.05) is 16.9 Å². The van der Waals surface area contributed by atoms with Gasteiger partial charge < -0.3 is 34.7 Å². The van der Waals surface area contributed by atoms with E-state index in [0.717, 1.165) is 0 Å². The van der Waals surface area contributed by atoms with Gasteiger partial charge in [-0.15, -0.1) is 0 Å². The number of ether oxygens (including phenoxy) is 4. The zero-order valence-electron chi connectivity index (χ0n) is 20.0. The Balaban J connectivity index is 1.54. The quantitative estimate of drug-likeness (QED) is 0.424. The van der Waals surface area contributed by atoms with Crippen LogP contribution in [-0.4, -0.2) is 63.3 Å². The van der Waals surface area contributed by atoms with Crippen LogP contribution >= 0.6 is 8.17 Å². The van der Waals surface area contributed by atoms with Crippen molar-refractivity contribution in [3.8, 4) is 11.5 Å². The number of primary amides is 1. The summed E-state index contributed by atoms with van der Waals surface area (Å²) in [6.07, 6.45) is -0.445. The number of carboxylic acids is 1. The summed E-state index contributed by atoms with van der Waals surface area (Å²) in [5.41, 5.74) is 4.08. The number of benzene rings is 1. The van der Waals surface area contributed by atoms with Gasteiger partial charge >= 0.3 is 14.1 Å². The molecule has 3 N–H and O–H groups in total. The summed E-state index contributed by atoms with van der Waals surface area (Å²) in [5.74, 6) is -2.92. The largest absolute Gasteiger partial charge is 0.575 e. The molecule has 0 bridgehead atoms. The van der Waals surface area contributed by atoms with Crippen LogP contribution in [0.25, 0.3) is 0 Å². The van der Waals surface area contributed by atoms with E-state index in [9.17, 15) is 19.3 Å². The van der Waals surface area contributed by atoms with E-state index >= 15 is 0 Å². The lowest BCUT2D eigenvalue weighted by Gasteiger charge is -2.25. The fourth-order valence-electron chi connectivity index (χ4n) is 3.93. The summed E-state index contributed by atoms with van der Waals surface area (Å²) in [6, 6.07) is 5.11. The average molecular weight is 536 g/mol. The maximum atomic E-state index is 12.8. The van der Waals surface area contributed by atoms with E-state index in [1.54, 1.807) is 32.0 Å². The number of nitrogens with two attached hydrogens (primary N) is 1. The number of para-hydroxylation sites is 2. The van der Waals surface area contributed by atoms with Crippen LogP contribution in [0.15, 0.2) is 46.2 Å². The number of fused-ring (bicyclic) bond motifs is 1. The van der Waals surface area contributed by atoms with Gasteiger partial charge in [0.15, 0.2) is 29.5 Å². The maximum absolute atomic E-state index is 12.8. The molecule has 6 atom stereocenters. The third-order valence-corrected chi connectivity index (χ3v) is 6.44. The summed E-state index contributed by atoms with van der Waals surface area (Å²) in [7, 11) is -2.68. The third-order valence-electron chi connectivity index (χ3n) is 5.55. The molecule has 198 valence electrons. The molecule has 1 amide bonds. The number of hydrogen-bond acceptors (Lipinski definition) is 11. The van der Waals surface area contributed by atoms with E-state index in [-0.39, 0.29) is 18.1 Å². The predicted octanol–water partition coefficient (Wildman–Crippen LogP) is 0.546. The number of rotatable bonds is 9. The molecule has 2 fully saturated rings. The van der Waals surface area contributed by atoms with Crippen molar-refractivity contribution < 1.29 is 43.1 Å². The topological polar surface area (TPSA) is 197 Å². The Hall–Kier alpha value is -3.42. The predicted molar refractivity (Wildman–Crippen MR) is 124 cm³/mol. The van der Waals surface area contributed by atoms with Crippen LogP contribution in [0.2, 0.25) is 0 Å². The molecular formula is C22H25N4O10P. The number of amides is 1. The molecule has 0 spiro atoms. The first kappa shape index (κ1) is 26.6. The van der Waals surface area contributed by atoms with Gasteiger partial charge in [0.2, 0.25) is 5.75 Å². The first-order chi connectivity index (χ1) is 17.5. The van der Waals surface area contributed by atoms with Crippen molar-refractivity contribution in [3.05, 3.63) is 52.7 Å². The van der Waals surface area contributed by atoms with Gasteiger partial charge in [0.1, 0.15) is 24.9 Å². The number of aliphatic carboxylic acids is 1. The lowest BCUT2D eigenvalue weighted by atomic mass is 10.1. The minimum atomic E-state index is -2.68. The Morgan fingerprint density at radius 2 is 1.97 bits per heavy atom. The zero-order valence-corrected chi connectivity index (χ0v) is 20.9. The Bertz CT molecular complexity index is 1280. The van der Waals surface area contributed by atoms with Crippen LogP contribution in [0.5, 0.6) is 11.5 Å². The molecule has 0 saturated carbocycles. The molecule has 37 heavy (non-hydrogen) atoms. The second-order valence-corrected chi connectivity index (χ2v) is 9.59. The molecule has 2 saturated heterocycles. The van der Waals surface area contributed by atoms with E-state index in [4.69, 9.17) is 34.3 Å². The molecule has 2 aromatic rings. The van der Waals surface area contributed by atoms with Crippen LogP contribution in [0, 0.1) is 0 Å². The number of aromatic nitrogens is 2. The Morgan fingerprint density at radius 1 is 1.30 bits per heavy atom. The van der Waals surface area contributed by atoms with Gasteiger partial charge in [-0.05, 0) is 32.9 Å². The highest BCUT2D eigenvalue weighted by atomic mass is 31.1. The number of nitrogens with zero attached hydrogens (tertiary/aromatic N) is 3. The molecule has 15 heteroatoms. The molecule has 2 aliphatic rings. The van der Waals surface area contributed by atoms with E-state index in [1.807, 2.05) is 0 Å². The van der Waals surface area contributed by atoms with Crippen molar-refractivity contribution in [1.29, 1.82) is 0 Å².